The normalized spacial score (nSPS) is 10.6. The molecule has 0 aromatic carbocycles. The molecule has 0 saturated heterocycles. The highest BCUT2D eigenvalue weighted by molar-refractivity contribution is 8.01. The Morgan fingerprint density at radius 3 is 1.75 bits per heavy atom. The number of esters is 2. The lowest BCUT2D eigenvalue weighted by Gasteiger charge is -1.98. The largest absolute Gasteiger partial charge is 0.468 e. The molecule has 3 aromatic heterocycles. The van der Waals surface area contributed by atoms with Gasteiger partial charge in [-0.15, -0.1) is 20.4 Å². The number of methoxy groups -OCH3 is 2. The van der Waals surface area contributed by atoms with E-state index < -0.39 is 0 Å². The standard InChI is InChI=1S/C15H13N5O4S4/c1-23-10(21)6-25-14-19-17-12(27-14)8-4-3-5-9(16-8)13-18-20-15(28-13)26-7-11(22)24-2/h3-5H,6-7H2,1-2H3. The van der Waals surface area contributed by atoms with Crippen LogP contribution >= 0.6 is 46.2 Å². The quantitative estimate of drug-likeness (QED) is 0.368. The Morgan fingerprint density at radius 2 is 1.32 bits per heavy atom. The minimum Gasteiger partial charge on any atom is -0.468 e. The molecule has 0 fully saturated rings. The summed E-state index contributed by atoms with van der Waals surface area (Å²) in [5.74, 6) is -0.289. The summed E-state index contributed by atoms with van der Waals surface area (Å²) in [7, 11) is 2.69. The summed E-state index contributed by atoms with van der Waals surface area (Å²) in [6.07, 6.45) is 0. The molecule has 0 unspecified atom stereocenters. The van der Waals surface area contributed by atoms with Crippen LogP contribution in [-0.4, -0.2) is 63.0 Å². The SMILES string of the molecule is COC(=O)CSc1nnc(-c2cccc(-c3nnc(SCC(=O)OC)s3)n2)s1. The second-order valence-electron chi connectivity index (χ2n) is 4.88. The number of aromatic nitrogens is 5. The van der Waals surface area contributed by atoms with Gasteiger partial charge in [-0.1, -0.05) is 52.3 Å². The summed E-state index contributed by atoms with van der Waals surface area (Å²) in [5.41, 5.74) is 1.30. The second-order valence-corrected chi connectivity index (χ2v) is 9.28. The van der Waals surface area contributed by atoms with Crippen molar-refractivity contribution in [2.45, 2.75) is 8.68 Å². The van der Waals surface area contributed by atoms with Crippen LogP contribution in [0.4, 0.5) is 0 Å². The molecule has 0 aliphatic rings. The molecule has 0 aliphatic carbocycles. The van der Waals surface area contributed by atoms with Gasteiger partial charge in [0.25, 0.3) is 0 Å². The van der Waals surface area contributed by atoms with Crippen LogP contribution in [0.25, 0.3) is 21.4 Å². The predicted octanol–water partition coefficient (Wildman–Crippen LogP) is 2.65. The van der Waals surface area contributed by atoms with Crippen molar-refractivity contribution in [2.75, 3.05) is 25.7 Å². The molecule has 28 heavy (non-hydrogen) atoms. The Bertz CT molecular complexity index is 903. The molecule has 0 saturated carbocycles. The van der Waals surface area contributed by atoms with E-state index in [4.69, 9.17) is 0 Å². The Kier molecular flexibility index (Phi) is 7.30. The van der Waals surface area contributed by atoms with Crippen LogP contribution in [0.5, 0.6) is 0 Å². The van der Waals surface area contributed by atoms with E-state index in [1.165, 1.54) is 60.4 Å². The number of carbonyl (C=O) groups excluding carboxylic acids is 2. The van der Waals surface area contributed by atoms with E-state index in [0.29, 0.717) is 30.1 Å². The third-order valence-electron chi connectivity index (χ3n) is 3.08. The Hall–Kier alpha value is -2.09. The molecule has 13 heteroatoms. The van der Waals surface area contributed by atoms with Crippen molar-refractivity contribution in [3.05, 3.63) is 18.2 Å². The molecule has 0 amide bonds. The van der Waals surface area contributed by atoms with Gasteiger partial charge in [0.2, 0.25) is 0 Å². The van der Waals surface area contributed by atoms with Gasteiger partial charge < -0.3 is 9.47 Å². The third-order valence-corrected chi connectivity index (χ3v) is 7.19. The van der Waals surface area contributed by atoms with E-state index >= 15 is 0 Å². The number of nitrogens with zero attached hydrogens (tertiary/aromatic N) is 5. The summed E-state index contributed by atoms with van der Waals surface area (Å²) in [6, 6.07) is 5.50. The van der Waals surface area contributed by atoms with Gasteiger partial charge in [-0.25, -0.2) is 4.98 Å². The minimum atomic E-state index is -0.320. The zero-order valence-corrected chi connectivity index (χ0v) is 17.9. The smallest absolute Gasteiger partial charge is 0.316 e. The van der Waals surface area contributed by atoms with Crippen LogP contribution in [0.1, 0.15) is 0 Å². The zero-order valence-electron chi connectivity index (χ0n) is 14.6. The number of hydrogen-bond donors (Lipinski definition) is 0. The van der Waals surface area contributed by atoms with Gasteiger partial charge in [0.05, 0.1) is 25.7 Å². The summed E-state index contributed by atoms with van der Waals surface area (Å²) in [6.45, 7) is 0. The highest BCUT2D eigenvalue weighted by Crippen LogP contribution is 2.32. The number of thioether (sulfide) groups is 2. The Balaban J connectivity index is 1.71. The molecule has 3 rings (SSSR count). The van der Waals surface area contributed by atoms with Crippen molar-refractivity contribution >= 4 is 58.1 Å². The fourth-order valence-electron chi connectivity index (χ4n) is 1.78. The van der Waals surface area contributed by atoms with Crippen molar-refractivity contribution in [3.8, 4) is 21.4 Å². The molecule has 0 spiro atoms. The van der Waals surface area contributed by atoms with Crippen molar-refractivity contribution < 1.29 is 19.1 Å². The molecule has 0 aliphatic heterocycles. The first kappa shape index (κ1) is 20.6. The topological polar surface area (TPSA) is 117 Å². The molecule has 0 atom stereocenters. The summed E-state index contributed by atoms with van der Waals surface area (Å²) in [5, 5.41) is 17.7. The van der Waals surface area contributed by atoms with Crippen LogP contribution < -0.4 is 0 Å². The van der Waals surface area contributed by atoms with E-state index in [2.05, 4.69) is 34.9 Å². The number of hydrogen-bond acceptors (Lipinski definition) is 13. The van der Waals surface area contributed by atoms with Crippen molar-refractivity contribution in [2.24, 2.45) is 0 Å². The van der Waals surface area contributed by atoms with Crippen LogP contribution in [0.3, 0.4) is 0 Å². The van der Waals surface area contributed by atoms with E-state index in [9.17, 15) is 9.59 Å². The highest BCUT2D eigenvalue weighted by atomic mass is 32.2. The van der Waals surface area contributed by atoms with Gasteiger partial charge in [-0.2, -0.15) is 0 Å². The molecule has 9 nitrogen and oxygen atoms in total. The monoisotopic (exact) mass is 455 g/mol. The summed E-state index contributed by atoms with van der Waals surface area (Å²) >= 11 is 5.22. The molecule has 0 bridgehead atoms. The van der Waals surface area contributed by atoms with Gasteiger partial charge >= 0.3 is 11.9 Å². The van der Waals surface area contributed by atoms with Gasteiger partial charge in [0, 0.05) is 0 Å². The molecule has 146 valence electrons. The Morgan fingerprint density at radius 1 is 0.857 bits per heavy atom. The van der Waals surface area contributed by atoms with E-state index in [0.717, 1.165) is 0 Å². The molecule has 0 N–H and O–H groups in total. The number of ether oxygens (including phenoxy) is 2. The lowest BCUT2D eigenvalue weighted by Crippen LogP contribution is -2.02. The fraction of sp³-hybridized carbons (Fsp3) is 0.267. The van der Waals surface area contributed by atoms with Crippen LogP contribution in [0.2, 0.25) is 0 Å². The van der Waals surface area contributed by atoms with Crippen LogP contribution in [0.15, 0.2) is 26.9 Å². The van der Waals surface area contributed by atoms with Crippen molar-refractivity contribution in [1.29, 1.82) is 0 Å². The maximum atomic E-state index is 11.2. The van der Waals surface area contributed by atoms with Gasteiger partial charge in [-0.05, 0) is 12.1 Å². The van der Waals surface area contributed by atoms with E-state index in [-0.39, 0.29) is 23.4 Å². The lowest BCUT2D eigenvalue weighted by atomic mass is 10.3. The lowest BCUT2D eigenvalue weighted by molar-refractivity contribution is -0.138. The van der Waals surface area contributed by atoms with Gasteiger partial charge in [0.1, 0.15) is 11.4 Å². The first-order valence-electron chi connectivity index (χ1n) is 7.63. The Labute approximate surface area is 176 Å². The first-order chi connectivity index (χ1) is 13.6. The maximum Gasteiger partial charge on any atom is 0.316 e. The van der Waals surface area contributed by atoms with E-state index in [1.54, 1.807) is 0 Å². The molecular weight excluding hydrogens is 442 g/mol. The minimum absolute atomic E-state index is 0.176. The molecule has 0 radical (unpaired) electrons. The van der Waals surface area contributed by atoms with Crippen LogP contribution in [0, 0.1) is 0 Å². The summed E-state index contributed by atoms with van der Waals surface area (Å²) < 4.78 is 10.5. The average molecular weight is 456 g/mol. The average Bonchev–Trinajstić information content (AvgIpc) is 3.40. The number of rotatable bonds is 8. The van der Waals surface area contributed by atoms with Gasteiger partial charge in [-0.3, -0.25) is 9.59 Å². The third kappa shape index (κ3) is 5.47. The van der Waals surface area contributed by atoms with Gasteiger partial charge in [0.15, 0.2) is 18.7 Å². The fourth-order valence-corrected chi connectivity index (χ4v) is 5.08. The highest BCUT2D eigenvalue weighted by Gasteiger charge is 2.14. The predicted molar refractivity (Wildman–Crippen MR) is 108 cm³/mol. The number of pyridine rings is 1. The van der Waals surface area contributed by atoms with E-state index in [1.807, 2.05) is 18.2 Å². The number of carbonyl (C=O) groups is 2. The summed E-state index contributed by atoms with van der Waals surface area (Å²) in [4.78, 5) is 27.0. The molecular formula is C15H13N5O4S4. The maximum absolute atomic E-state index is 11.2. The van der Waals surface area contributed by atoms with Crippen LogP contribution in [-0.2, 0) is 19.1 Å². The molecule has 3 aromatic rings. The molecule has 3 heterocycles. The first-order valence-corrected chi connectivity index (χ1v) is 11.2. The van der Waals surface area contributed by atoms with Crippen molar-refractivity contribution in [1.82, 2.24) is 25.4 Å². The van der Waals surface area contributed by atoms with Crippen molar-refractivity contribution in [3.63, 3.8) is 0 Å². The zero-order chi connectivity index (χ0) is 19.9. The second kappa shape index (κ2) is 9.91.